The lowest BCUT2D eigenvalue weighted by atomic mass is 10.0. The lowest BCUT2D eigenvalue weighted by molar-refractivity contribution is -0.142. The molecule has 0 aromatic carbocycles. The molecule has 7 nitrogen and oxygen atoms in total. The standard InChI is InChI=1S/C10H13N3O4/c1-6-7(17-5-12-6)8(14)13-3-2-10(11,4-13)9(15)16/h5H,2-4,11H2,1H3,(H,15,16). The van der Waals surface area contributed by atoms with Crippen molar-refractivity contribution in [1.82, 2.24) is 9.88 Å². The minimum atomic E-state index is -1.36. The number of carboxylic acid groups (broad SMARTS) is 1. The van der Waals surface area contributed by atoms with Crippen LogP contribution in [-0.2, 0) is 4.79 Å². The molecule has 1 aliphatic heterocycles. The minimum absolute atomic E-state index is 0.0126. The van der Waals surface area contributed by atoms with Gasteiger partial charge in [0.05, 0.1) is 5.69 Å². The first kappa shape index (κ1) is 11.6. The van der Waals surface area contributed by atoms with E-state index in [2.05, 4.69) is 4.98 Å². The Hall–Kier alpha value is -1.89. The van der Waals surface area contributed by atoms with Gasteiger partial charge in [0.25, 0.3) is 5.91 Å². The average molecular weight is 239 g/mol. The number of aliphatic carboxylic acids is 1. The number of amides is 1. The second kappa shape index (κ2) is 3.85. The lowest BCUT2D eigenvalue weighted by Crippen LogP contribution is -2.50. The molecule has 0 radical (unpaired) electrons. The summed E-state index contributed by atoms with van der Waals surface area (Å²) >= 11 is 0. The van der Waals surface area contributed by atoms with Gasteiger partial charge in [0, 0.05) is 13.1 Å². The third-order valence-corrected chi connectivity index (χ3v) is 2.95. The van der Waals surface area contributed by atoms with Gasteiger partial charge in [-0.15, -0.1) is 0 Å². The zero-order valence-electron chi connectivity index (χ0n) is 9.34. The second-order valence-electron chi connectivity index (χ2n) is 4.20. The Bertz CT molecular complexity index is 470. The van der Waals surface area contributed by atoms with Crippen LogP contribution in [0.25, 0.3) is 0 Å². The number of carbonyl (C=O) groups is 2. The van der Waals surface area contributed by atoms with Crippen molar-refractivity contribution in [3.8, 4) is 0 Å². The molecule has 2 rings (SSSR count). The lowest BCUT2D eigenvalue weighted by Gasteiger charge is -2.19. The highest BCUT2D eigenvalue weighted by molar-refractivity contribution is 5.93. The van der Waals surface area contributed by atoms with Crippen molar-refractivity contribution in [2.75, 3.05) is 13.1 Å². The summed E-state index contributed by atoms with van der Waals surface area (Å²) in [6, 6.07) is 0. The molecule has 2 heterocycles. The van der Waals surface area contributed by atoms with Gasteiger partial charge in [0.1, 0.15) is 5.54 Å². The molecule has 17 heavy (non-hydrogen) atoms. The topological polar surface area (TPSA) is 110 Å². The van der Waals surface area contributed by atoms with Gasteiger partial charge >= 0.3 is 5.97 Å². The van der Waals surface area contributed by atoms with Crippen molar-refractivity contribution >= 4 is 11.9 Å². The molecule has 0 saturated carbocycles. The molecule has 0 spiro atoms. The Morgan fingerprint density at radius 2 is 2.35 bits per heavy atom. The normalized spacial score (nSPS) is 24.0. The van der Waals surface area contributed by atoms with Crippen molar-refractivity contribution < 1.29 is 19.1 Å². The number of oxazole rings is 1. The molecule has 92 valence electrons. The number of carbonyl (C=O) groups excluding carboxylic acids is 1. The van der Waals surface area contributed by atoms with Crippen molar-refractivity contribution in [1.29, 1.82) is 0 Å². The molecule has 1 amide bonds. The fourth-order valence-corrected chi connectivity index (χ4v) is 1.83. The molecular weight excluding hydrogens is 226 g/mol. The van der Waals surface area contributed by atoms with Crippen LogP contribution in [0.1, 0.15) is 22.7 Å². The predicted octanol–water partition coefficient (Wildman–Crippen LogP) is -0.389. The van der Waals surface area contributed by atoms with Crippen molar-refractivity contribution in [2.45, 2.75) is 18.9 Å². The summed E-state index contributed by atoms with van der Waals surface area (Å²) in [7, 11) is 0. The molecule has 3 N–H and O–H groups in total. The Morgan fingerprint density at radius 3 is 2.82 bits per heavy atom. The summed E-state index contributed by atoms with van der Waals surface area (Å²) in [6.45, 7) is 1.95. The Labute approximate surface area is 97.2 Å². The van der Waals surface area contributed by atoms with E-state index >= 15 is 0 Å². The van der Waals surface area contributed by atoms with E-state index in [1.165, 1.54) is 11.3 Å². The summed E-state index contributed by atoms with van der Waals surface area (Å²) in [5, 5.41) is 8.96. The molecular formula is C10H13N3O4. The largest absolute Gasteiger partial charge is 0.480 e. The highest BCUT2D eigenvalue weighted by Crippen LogP contribution is 2.21. The van der Waals surface area contributed by atoms with Crippen LogP contribution in [0.3, 0.4) is 0 Å². The molecule has 0 bridgehead atoms. The number of likely N-dealkylation sites (tertiary alicyclic amines) is 1. The van der Waals surface area contributed by atoms with Gasteiger partial charge in [0.2, 0.25) is 5.76 Å². The maximum absolute atomic E-state index is 12.0. The van der Waals surface area contributed by atoms with E-state index in [9.17, 15) is 9.59 Å². The van der Waals surface area contributed by atoms with E-state index < -0.39 is 11.5 Å². The zero-order valence-corrected chi connectivity index (χ0v) is 9.34. The molecule has 1 aliphatic rings. The molecule has 1 aromatic heterocycles. The summed E-state index contributed by atoms with van der Waals surface area (Å²) in [6.07, 6.45) is 1.42. The molecule has 1 saturated heterocycles. The SMILES string of the molecule is Cc1ncoc1C(=O)N1CCC(N)(C(=O)O)C1. The number of nitrogens with zero attached hydrogens (tertiary/aromatic N) is 2. The summed E-state index contributed by atoms with van der Waals surface area (Å²) in [4.78, 5) is 28.1. The molecule has 1 fully saturated rings. The van der Waals surface area contributed by atoms with Crippen LogP contribution in [-0.4, -0.2) is 45.5 Å². The highest BCUT2D eigenvalue weighted by Gasteiger charge is 2.43. The Morgan fingerprint density at radius 1 is 1.65 bits per heavy atom. The van der Waals surface area contributed by atoms with Crippen molar-refractivity contribution in [3.63, 3.8) is 0 Å². The molecule has 0 aliphatic carbocycles. The molecule has 1 atom stereocenters. The highest BCUT2D eigenvalue weighted by atomic mass is 16.4. The molecule has 1 unspecified atom stereocenters. The number of carboxylic acids is 1. The quantitative estimate of drug-likeness (QED) is 0.727. The van der Waals surface area contributed by atoms with Gasteiger partial charge in [-0.2, -0.15) is 0 Å². The van der Waals surface area contributed by atoms with E-state index in [1.54, 1.807) is 6.92 Å². The first-order valence-electron chi connectivity index (χ1n) is 5.16. The maximum atomic E-state index is 12.0. The zero-order chi connectivity index (χ0) is 12.6. The van der Waals surface area contributed by atoms with E-state index in [1.807, 2.05) is 0 Å². The van der Waals surface area contributed by atoms with Crippen LogP contribution in [0.15, 0.2) is 10.8 Å². The predicted molar refractivity (Wildman–Crippen MR) is 56.3 cm³/mol. The van der Waals surface area contributed by atoms with E-state index in [4.69, 9.17) is 15.3 Å². The number of aryl methyl sites for hydroxylation is 1. The number of hydrogen-bond acceptors (Lipinski definition) is 5. The first-order chi connectivity index (χ1) is 7.94. The van der Waals surface area contributed by atoms with Crippen LogP contribution < -0.4 is 5.73 Å². The molecule has 1 aromatic rings. The first-order valence-corrected chi connectivity index (χ1v) is 5.16. The van der Waals surface area contributed by atoms with Crippen LogP contribution in [0.5, 0.6) is 0 Å². The summed E-state index contributed by atoms with van der Waals surface area (Å²) in [5.41, 5.74) is 4.81. The Balaban J connectivity index is 2.15. The van der Waals surface area contributed by atoms with Crippen LogP contribution >= 0.6 is 0 Å². The maximum Gasteiger partial charge on any atom is 0.325 e. The van der Waals surface area contributed by atoms with Gasteiger partial charge in [-0.3, -0.25) is 9.59 Å². The van der Waals surface area contributed by atoms with Crippen molar-refractivity contribution in [2.24, 2.45) is 5.73 Å². The minimum Gasteiger partial charge on any atom is -0.480 e. The van der Waals surface area contributed by atoms with Crippen LogP contribution in [0, 0.1) is 6.92 Å². The van der Waals surface area contributed by atoms with Gasteiger partial charge in [0.15, 0.2) is 6.39 Å². The van der Waals surface area contributed by atoms with Gasteiger partial charge < -0.3 is 20.2 Å². The fourth-order valence-electron chi connectivity index (χ4n) is 1.83. The van der Waals surface area contributed by atoms with Crippen molar-refractivity contribution in [3.05, 3.63) is 17.8 Å². The van der Waals surface area contributed by atoms with Crippen LogP contribution in [0.2, 0.25) is 0 Å². The number of rotatable bonds is 2. The number of aromatic nitrogens is 1. The van der Waals surface area contributed by atoms with Gasteiger partial charge in [-0.05, 0) is 13.3 Å². The average Bonchev–Trinajstić information content (AvgIpc) is 2.85. The third-order valence-electron chi connectivity index (χ3n) is 2.95. The Kier molecular flexibility index (Phi) is 2.62. The number of hydrogen-bond donors (Lipinski definition) is 2. The van der Waals surface area contributed by atoms with Crippen LogP contribution in [0.4, 0.5) is 0 Å². The second-order valence-corrected chi connectivity index (χ2v) is 4.20. The van der Waals surface area contributed by atoms with E-state index in [-0.39, 0.29) is 24.6 Å². The monoisotopic (exact) mass is 239 g/mol. The third kappa shape index (κ3) is 1.89. The van der Waals surface area contributed by atoms with Gasteiger partial charge in [-0.1, -0.05) is 0 Å². The summed E-state index contributed by atoms with van der Waals surface area (Å²) in [5.74, 6) is -1.32. The smallest absolute Gasteiger partial charge is 0.325 e. The van der Waals surface area contributed by atoms with E-state index in [0.717, 1.165) is 0 Å². The fraction of sp³-hybridized carbons (Fsp3) is 0.500. The van der Waals surface area contributed by atoms with E-state index in [0.29, 0.717) is 12.2 Å². The molecule has 7 heteroatoms. The van der Waals surface area contributed by atoms with Gasteiger partial charge in [-0.25, -0.2) is 4.98 Å². The summed E-state index contributed by atoms with van der Waals surface area (Å²) < 4.78 is 4.98. The number of nitrogens with two attached hydrogens (primary N) is 1.